The Kier molecular flexibility index (Phi) is 7.45. The largest absolute Gasteiger partial charge is 0.342 e. The smallest absolute Gasteiger partial charge is 0.243 e. The molecule has 0 aromatic heterocycles. The molecule has 1 N–H and O–H groups in total. The Morgan fingerprint density at radius 3 is 2.39 bits per heavy atom. The van der Waals surface area contributed by atoms with Crippen LogP contribution in [0, 0.1) is 19.8 Å². The molecule has 0 bridgehead atoms. The number of para-hydroxylation sites is 1. The number of amides is 3. The van der Waals surface area contributed by atoms with E-state index in [0.717, 1.165) is 35.2 Å². The van der Waals surface area contributed by atoms with E-state index in [2.05, 4.69) is 5.32 Å². The second kappa shape index (κ2) is 10.2. The van der Waals surface area contributed by atoms with Crippen LogP contribution in [0.4, 0.5) is 5.69 Å². The quantitative estimate of drug-likeness (QED) is 0.779. The molecule has 6 nitrogen and oxygen atoms in total. The molecule has 0 saturated carbocycles. The maximum Gasteiger partial charge on any atom is 0.243 e. The Hall–Kier alpha value is -3.15. The van der Waals surface area contributed by atoms with Crippen molar-refractivity contribution in [3.05, 3.63) is 65.2 Å². The molecule has 1 atom stereocenters. The first kappa shape index (κ1) is 22.5. The van der Waals surface area contributed by atoms with E-state index >= 15 is 0 Å². The fourth-order valence-electron chi connectivity index (χ4n) is 4.08. The van der Waals surface area contributed by atoms with Gasteiger partial charge in [-0.2, -0.15) is 0 Å². The minimum atomic E-state index is -0.272. The van der Waals surface area contributed by atoms with E-state index in [-0.39, 0.29) is 30.2 Å². The van der Waals surface area contributed by atoms with Gasteiger partial charge in [0.15, 0.2) is 0 Å². The van der Waals surface area contributed by atoms with Crippen molar-refractivity contribution in [3.63, 3.8) is 0 Å². The van der Waals surface area contributed by atoms with Gasteiger partial charge in [0.25, 0.3) is 0 Å². The van der Waals surface area contributed by atoms with Crippen LogP contribution in [0.1, 0.15) is 29.5 Å². The highest BCUT2D eigenvalue weighted by atomic mass is 16.2. The highest BCUT2D eigenvalue weighted by Gasteiger charge is 2.30. The molecule has 1 unspecified atom stereocenters. The summed E-state index contributed by atoms with van der Waals surface area (Å²) in [5.41, 5.74) is 3.74. The number of nitrogens with zero attached hydrogens (tertiary/aromatic N) is 2. The van der Waals surface area contributed by atoms with E-state index in [4.69, 9.17) is 0 Å². The van der Waals surface area contributed by atoms with Crippen molar-refractivity contribution in [1.82, 2.24) is 9.80 Å². The maximum absolute atomic E-state index is 13.0. The first-order chi connectivity index (χ1) is 14.8. The second-order valence-electron chi connectivity index (χ2n) is 8.35. The zero-order valence-corrected chi connectivity index (χ0v) is 18.6. The van der Waals surface area contributed by atoms with Gasteiger partial charge in [0.2, 0.25) is 17.7 Å². The van der Waals surface area contributed by atoms with Gasteiger partial charge in [-0.05, 0) is 43.4 Å². The van der Waals surface area contributed by atoms with Crippen molar-refractivity contribution in [2.75, 3.05) is 32.0 Å². The molecular formula is C25H31N3O3. The number of nitrogens with one attached hydrogen (secondary N) is 1. The summed E-state index contributed by atoms with van der Waals surface area (Å²) in [6.07, 6.45) is 1.87. The number of hydrogen-bond donors (Lipinski definition) is 1. The number of piperidine rings is 1. The normalized spacial score (nSPS) is 16.0. The van der Waals surface area contributed by atoms with Gasteiger partial charge in [-0.25, -0.2) is 0 Å². The van der Waals surface area contributed by atoms with Crippen LogP contribution < -0.4 is 5.32 Å². The van der Waals surface area contributed by atoms with E-state index in [1.54, 1.807) is 11.9 Å². The zero-order valence-electron chi connectivity index (χ0n) is 18.6. The third kappa shape index (κ3) is 5.94. The third-order valence-corrected chi connectivity index (χ3v) is 5.82. The van der Waals surface area contributed by atoms with Gasteiger partial charge in [0.05, 0.1) is 18.9 Å². The Balaban J connectivity index is 1.55. The lowest BCUT2D eigenvalue weighted by Gasteiger charge is -2.34. The number of likely N-dealkylation sites (tertiary alicyclic amines) is 1. The van der Waals surface area contributed by atoms with Crippen LogP contribution >= 0.6 is 0 Å². The molecule has 2 aromatic carbocycles. The lowest BCUT2D eigenvalue weighted by Crippen LogP contribution is -2.47. The summed E-state index contributed by atoms with van der Waals surface area (Å²) in [5.74, 6) is -0.541. The number of carbonyl (C=O) groups is 3. The van der Waals surface area contributed by atoms with Crippen molar-refractivity contribution in [2.24, 2.45) is 5.92 Å². The number of anilines is 1. The third-order valence-electron chi connectivity index (χ3n) is 5.82. The van der Waals surface area contributed by atoms with Gasteiger partial charge in [0.1, 0.15) is 0 Å². The van der Waals surface area contributed by atoms with Crippen molar-refractivity contribution in [2.45, 2.75) is 33.1 Å². The lowest BCUT2D eigenvalue weighted by atomic mass is 9.96. The van der Waals surface area contributed by atoms with Crippen molar-refractivity contribution >= 4 is 23.4 Å². The van der Waals surface area contributed by atoms with Crippen LogP contribution in [-0.4, -0.2) is 54.2 Å². The molecule has 0 spiro atoms. The molecule has 1 saturated heterocycles. The van der Waals surface area contributed by atoms with Gasteiger partial charge in [-0.3, -0.25) is 14.4 Å². The van der Waals surface area contributed by atoms with Crippen LogP contribution in [0.3, 0.4) is 0 Å². The standard InChI is InChI=1S/C25H31N3O3/c1-18-9-7-10-19(2)24(18)26-22(29)17-27(3)25(31)21-13-8-14-28(16-21)23(30)15-20-11-5-4-6-12-20/h4-7,9-12,21H,8,13-17H2,1-3H3,(H,26,29). The van der Waals surface area contributed by atoms with Crippen LogP contribution in [0.25, 0.3) is 0 Å². The van der Waals surface area contributed by atoms with Gasteiger partial charge in [-0.1, -0.05) is 48.5 Å². The molecule has 1 aliphatic heterocycles. The highest BCUT2D eigenvalue weighted by molar-refractivity contribution is 5.96. The minimum absolute atomic E-state index is 0.0128. The Morgan fingerprint density at radius 1 is 1.03 bits per heavy atom. The van der Waals surface area contributed by atoms with E-state index in [9.17, 15) is 14.4 Å². The first-order valence-electron chi connectivity index (χ1n) is 10.8. The number of hydrogen-bond acceptors (Lipinski definition) is 3. The molecular weight excluding hydrogens is 390 g/mol. The van der Waals surface area contributed by atoms with Crippen molar-refractivity contribution < 1.29 is 14.4 Å². The molecule has 1 fully saturated rings. The predicted octanol–water partition coefficient (Wildman–Crippen LogP) is 3.18. The summed E-state index contributed by atoms with van der Waals surface area (Å²) in [6.45, 7) is 4.96. The molecule has 3 rings (SSSR count). The van der Waals surface area contributed by atoms with Crippen LogP contribution in [0.2, 0.25) is 0 Å². The van der Waals surface area contributed by atoms with E-state index in [1.165, 1.54) is 4.90 Å². The molecule has 1 heterocycles. The van der Waals surface area contributed by atoms with Crippen LogP contribution in [0.15, 0.2) is 48.5 Å². The molecule has 164 valence electrons. The topological polar surface area (TPSA) is 69.7 Å². The van der Waals surface area contributed by atoms with E-state index in [1.807, 2.05) is 62.4 Å². The summed E-state index contributed by atoms with van der Waals surface area (Å²) < 4.78 is 0. The molecule has 6 heteroatoms. The lowest BCUT2D eigenvalue weighted by molar-refractivity contribution is -0.141. The van der Waals surface area contributed by atoms with Gasteiger partial charge < -0.3 is 15.1 Å². The molecule has 1 aliphatic rings. The summed E-state index contributed by atoms with van der Waals surface area (Å²) in [5, 5.41) is 2.92. The number of rotatable bonds is 6. The average molecular weight is 422 g/mol. The predicted molar refractivity (Wildman–Crippen MR) is 122 cm³/mol. The van der Waals surface area contributed by atoms with Gasteiger partial charge in [0, 0.05) is 25.8 Å². The average Bonchev–Trinajstić information content (AvgIpc) is 2.76. The molecule has 2 aromatic rings. The molecule has 31 heavy (non-hydrogen) atoms. The molecule has 0 aliphatic carbocycles. The van der Waals surface area contributed by atoms with Crippen LogP contribution in [-0.2, 0) is 20.8 Å². The van der Waals surface area contributed by atoms with Gasteiger partial charge in [-0.15, -0.1) is 0 Å². The fraction of sp³-hybridized carbons (Fsp3) is 0.400. The maximum atomic E-state index is 13.0. The minimum Gasteiger partial charge on any atom is -0.342 e. The number of carbonyl (C=O) groups excluding carboxylic acids is 3. The van der Waals surface area contributed by atoms with E-state index < -0.39 is 0 Å². The van der Waals surface area contributed by atoms with Crippen molar-refractivity contribution in [3.8, 4) is 0 Å². The first-order valence-corrected chi connectivity index (χ1v) is 10.8. The summed E-state index contributed by atoms with van der Waals surface area (Å²) >= 11 is 0. The summed E-state index contributed by atoms with van der Waals surface area (Å²) in [4.78, 5) is 41.4. The van der Waals surface area contributed by atoms with E-state index in [0.29, 0.717) is 19.5 Å². The Morgan fingerprint density at radius 2 is 1.71 bits per heavy atom. The fourth-order valence-corrected chi connectivity index (χ4v) is 4.08. The number of likely N-dealkylation sites (N-methyl/N-ethyl adjacent to an activating group) is 1. The highest BCUT2D eigenvalue weighted by Crippen LogP contribution is 2.21. The number of benzene rings is 2. The summed E-state index contributed by atoms with van der Waals surface area (Å²) in [7, 11) is 1.65. The SMILES string of the molecule is Cc1cccc(C)c1NC(=O)CN(C)C(=O)C1CCCN(C(=O)Cc2ccccc2)C1. The molecule has 3 amide bonds. The van der Waals surface area contributed by atoms with Gasteiger partial charge >= 0.3 is 0 Å². The monoisotopic (exact) mass is 421 g/mol. The van der Waals surface area contributed by atoms with Crippen molar-refractivity contribution in [1.29, 1.82) is 0 Å². The summed E-state index contributed by atoms with van der Waals surface area (Å²) in [6, 6.07) is 15.5. The number of aryl methyl sites for hydroxylation is 2. The molecule has 0 radical (unpaired) electrons. The zero-order chi connectivity index (χ0) is 22.4. The Labute approximate surface area is 184 Å². The van der Waals surface area contributed by atoms with Crippen LogP contribution in [0.5, 0.6) is 0 Å². The Bertz CT molecular complexity index is 922. The second-order valence-corrected chi connectivity index (χ2v) is 8.35.